The van der Waals surface area contributed by atoms with Crippen molar-refractivity contribution in [3.8, 4) is 5.75 Å². The van der Waals surface area contributed by atoms with E-state index in [4.69, 9.17) is 9.47 Å². The fourth-order valence-electron chi connectivity index (χ4n) is 3.15. The third kappa shape index (κ3) is 1.51. The van der Waals surface area contributed by atoms with E-state index in [0.29, 0.717) is 0 Å². The van der Waals surface area contributed by atoms with Gasteiger partial charge in [-0.2, -0.15) is 0 Å². The number of carbonyl (C=O) groups excluding carboxylic acids is 1. The van der Waals surface area contributed by atoms with Gasteiger partial charge in [0, 0.05) is 12.6 Å². The molecule has 4 rings (SSSR count). The van der Waals surface area contributed by atoms with Crippen molar-refractivity contribution in [2.75, 3.05) is 19.1 Å². The van der Waals surface area contributed by atoms with Gasteiger partial charge in [0.05, 0.1) is 12.8 Å². The summed E-state index contributed by atoms with van der Waals surface area (Å²) in [7, 11) is 3.43. The van der Waals surface area contributed by atoms with Gasteiger partial charge in [-0.05, 0) is 23.8 Å². The number of likely N-dealkylation sites (N-methyl/N-ethyl adjacent to an activating group) is 1. The van der Waals surface area contributed by atoms with Crippen molar-refractivity contribution < 1.29 is 14.3 Å². The van der Waals surface area contributed by atoms with E-state index in [0.717, 1.165) is 22.6 Å². The molecule has 0 bridgehead atoms. The van der Waals surface area contributed by atoms with Gasteiger partial charge in [-0.15, -0.1) is 0 Å². The molecule has 0 aromatic heterocycles. The molecule has 0 N–H and O–H groups in total. The zero-order valence-corrected chi connectivity index (χ0v) is 11.9. The van der Waals surface area contributed by atoms with Gasteiger partial charge in [-0.25, -0.2) is 0 Å². The summed E-state index contributed by atoms with van der Waals surface area (Å²) in [5.41, 5.74) is 2.05. The topological polar surface area (TPSA) is 42.1 Å². The van der Waals surface area contributed by atoms with E-state index in [2.05, 4.69) is 0 Å². The maximum absolute atomic E-state index is 12.6. The van der Waals surface area contributed by atoms with Gasteiger partial charge in [0.1, 0.15) is 11.9 Å². The summed E-state index contributed by atoms with van der Waals surface area (Å²) in [6.07, 6.45) is -0.220. The molecule has 2 heterocycles. The number of amides is 1. The van der Waals surface area contributed by atoms with Crippen molar-refractivity contribution in [1.29, 1.82) is 0 Å². The Morgan fingerprint density at radius 2 is 1.86 bits per heavy atom. The monoisotopic (exact) mass is 281 g/mol. The Hall–Kier alpha value is -2.33. The van der Waals surface area contributed by atoms with Crippen LogP contribution < -0.4 is 9.64 Å². The van der Waals surface area contributed by atoms with Gasteiger partial charge in [-0.1, -0.05) is 30.3 Å². The minimum atomic E-state index is -0.833. The Bertz CT molecular complexity index is 725. The van der Waals surface area contributed by atoms with Gasteiger partial charge >= 0.3 is 0 Å². The maximum Gasteiger partial charge on any atom is 0.266 e. The lowest BCUT2D eigenvalue weighted by atomic mass is 9.93. The fourth-order valence-corrected chi connectivity index (χ4v) is 3.15. The number of nitrogens with zero attached hydrogens (tertiary/aromatic N) is 1. The van der Waals surface area contributed by atoms with E-state index in [9.17, 15) is 4.79 Å². The lowest BCUT2D eigenvalue weighted by Crippen LogP contribution is -2.29. The highest BCUT2D eigenvalue weighted by atomic mass is 16.6. The number of fused-ring (bicyclic) bond motifs is 2. The normalized spacial score (nSPS) is 26.1. The molecule has 1 amide bonds. The average molecular weight is 281 g/mol. The molecular weight excluding hydrogens is 266 g/mol. The van der Waals surface area contributed by atoms with E-state index in [-0.39, 0.29) is 12.0 Å². The third-order valence-electron chi connectivity index (χ3n) is 4.32. The Kier molecular flexibility index (Phi) is 2.41. The zero-order valence-electron chi connectivity index (χ0n) is 11.9. The van der Waals surface area contributed by atoms with E-state index < -0.39 is 5.60 Å². The molecule has 2 aliphatic heterocycles. The number of benzene rings is 2. The van der Waals surface area contributed by atoms with Crippen LogP contribution in [0.3, 0.4) is 0 Å². The molecule has 4 heteroatoms. The first kappa shape index (κ1) is 12.4. The molecule has 106 valence electrons. The number of para-hydroxylation sites is 1. The Morgan fingerprint density at radius 1 is 1.14 bits per heavy atom. The minimum absolute atomic E-state index is 0.00418. The molecule has 21 heavy (non-hydrogen) atoms. The summed E-state index contributed by atoms with van der Waals surface area (Å²) in [6.45, 7) is 0. The van der Waals surface area contributed by atoms with E-state index >= 15 is 0 Å². The summed E-state index contributed by atoms with van der Waals surface area (Å²) in [5.74, 6) is 0.799. The van der Waals surface area contributed by atoms with Crippen LogP contribution in [0.25, 0.3) is 0 Å². The highest BCUT2D eigenvalue weighted by Gasteiger charge is 2.69. The molecule has 1 spiro atoms. The van der Waals surface area contributed by atoms with Gasteiger partial charge in [0.25, 0.3) is 5.91 Å². The van der Waals surface area contributed by atoms with Gasteiger partial charge < -0.3 is 14.4 Å². The highest BCUT2D eigenvalue weighted by Crippen LogP contribution is 2.63. The van der Waals surface area contributed by atoms with E-state index in [1.807, 2.05) is 48.5 Å². The Morgan fingerprint density at radius 3 is 2.57 bits per heavy atom. The summed E-state index contributed by atoms with van der Waals surface area (Å²) in [5, 5.41) is 0. The first-order valence-corrected chi connectivity index (χ1v) is 6.88. The second-order valence-corrected chi connectivity index (χ2v) is 5.39. The molecule has 0 unspecified atom stereocenters. The molecule has 2 atom stereocenters. The summed E-state index contributed by atoms with van der Waals surface area (Å²) < 4.78 is 11.1. The first-order valence-electron chi connectivity index (χ1n) is 6.88. The predicted octanol–water partition coefficient (Wildman–Crippen LogP) is 2.64. The highest BCUT2D eigenvalue weighted by molar-refractivity contribution is 6.09. The maximum atomic E-state index is 12.6. The van der Waals surface area contributed by atoms with Crippen LogP contribution >= 0.6 is 0 Å². The van der Waals surface area contributed by atoms with Crippen LogP contribution in [0, 0.1) is 0 Å². The second kappa shape index (κ2) is 4.09. The third-order valence-corrected chi connectivity index (χ3v) is 4.32. The molecule has 0 aliphatic carbocycles. The van der Waals surface area contributed by atoms with Gasteiger partial charge in [0.2, 0.25) is 5.60 Å². The minimum Gasteiger partial charge on any atom is -0.497 e. The van der Waals surface area contributed by atoms with Gasteiger partial charge in [0.15, 0.2) is 0 Å². The number of hydrogen-bond acceptors (Lipinski definition) is 3. The van der Waals surface area contributed by atoms with Crippen LogP contribution in [-0.2, 0) is 15.1 Å². The van der Waals surface area contributed by atoms with Crippen LogP contribution in [0.5, 0.6) is 5.75 Å². The number of rotatable bonds is 2. The second-order valence-electron chi connectivity index (χ2n) is 5.39. The fraction of sp³-hybridized carbons (Fsp3) is 0.235. The van der Waals surface area contributed by atoms with Crippen molar-refractivity contribution in [3.63, 3.8) is 0 Å². The molecule has 0 saturated carbocycles. The first-order chi connectivity index (χ1) is 10.2. The van der Waals surface area contributed by atoms with Crippen molar-refractivity contribution in [2.45, 2.75) is 11.7 Å². The van der Waals surface area contributed by atoms with Crippen molar-refractivity contribution >= 4 is 11.6 Å². The van der Waals surface area contributed by atoms with Crippen molar-refractivity contribution in [2.24, 2.45) is 0 Å². The van der Waals surface area contributed by atoms with Crippen LogP contribution in [0.4, 0.5) is 5.69 Å². The number of carbonyl (C=O) groups is 1. The number of methoxy groups -OCH3 is 1. The van der Waals surface area contributed by atoms with Crippen molar-refractivity contribution in [1.82, 2.24) is 0 Å². The lowest BCUT2D eigenvalue weighted by molar-refractivity contribution is -0.122. The predicted molar refractivity (Wildman–Crippen MR) is 78.4 cm³/mol. The number of anilines is 1. The number of hydrogen-bond donors (Lipinski definition) is 0. The Labute approximate surface area is 122 Å². The molecule has 4 nitrogen and oxygen atoms in total. The molecule has 1 saturated heterocycles. The average Bonchev–Trinajstić information content (AvgIpc) is 3.26. The van der Waals surface area contributed by atoms with Crippen LogP contribution in [0.15, 0.2) is 48.5 Å². The number of epoxide rings is 1. The van der Waals surface area contributed by atoms with Gasteiger partial charge in [-0.3, -0.25) is 4.79 Å². The summed E-state index contributed by atoms with van der Waals surface area (Å²) >= 11 is 0. The molecular formula is C17H15NO3. The van der Waals surface area contributed by atoms with Crippen molar-refractivity contribution in [3.05, 3.63) is 59.7 Å². The zero-order chi connectivity index (χ0) is 14.6. The van der Waals surface area contributed by atoms with E-state index in [1.54, 1.807) is 19.1 Å². The van der Waals surface area contributed by atoms with Crippen LogP contribution in [-0.4, -0.2) is 20.1 Å². The standard InChI is InChI=1S/C17H15NO3/c1-18-14-6-4-3-5-13(14)17(16(18)19)15(21-17)11-7-9-12(20-2)10-8-11/h3-10,15H,1-2H3/t15-,17+/m1/s1. The van der Waals surface area contributed by atoms with Crippen LogP contribution in [0.2, 0.25) is 0 Å². The molecule has 2 aliphatic rings. The molecule has 2 aromatic carbocycles. The molecule has 0 radical (unpaired) electrons. The van der Waals surface area contributed by atoms with E-state index in [1.165, 1.54) is 0 Å². The van der Waals surface area contributed by atoms with Crippen LogP contribution in [0.1, 0.15) is 17.2 Å². The SMILES string of the molecule is COc1ccc([C@H]2O[C@]23C(=O)N(C)c2ccccc23)cc1. The Balaban J connectivity index is 1.75. The number of ether oxygens (including phenoxy) is 2. The molecule has 1 fully saturated rings. The summed E-state index contributed by atoms with van der Waals surface area (Å²) in [6, 6.07) is 15.5. The largest absolute Gasteiger partial charge is 0.497 e. The quantitative estimate of drug-likeness (QED) is 0.795. The molecule has 2 aromatic rings. The summed E-state index contributed by atoms with van der Waals surface area (Å²) in [4.78, 5) is 14.3. The smallest absolute Gasteiger partial charge is 0.266 e. The lowest BCUT2D eigenvalue weighted by Gasteiger charge is -2.08.